The molecule has 2 saturated carbocycles. The van der Waals surface area contributed by atoms with Crippen LogP contribution in [0.15, 0.2) is 43.2 Å². The molecule has 3 aliphatic rings. The lowest BCUT2D eigenvalue weighted by Crippen LogP contribution is -2.59. The quantitative estimate of drug-likeness (QED) is 0.741. The van der Waals surface area contributed by atoms with E-state index in [1.807, 2.05) is 21.9 Å². The summed E-state index contributed by atoms with van der Waals surface area (Å²) >= 11 is 6.45. The van der Waals surface area contributed by atoms with Crippen molar-refractivity contribution in [1.82, 2.24) is 19.8 Å². The molecule has 3 fully saturated rings. The topological polar surface area (TPSA) is 92.4 Å². The predicted octanol–water partition coefficient (Wildman–Crippen LogP) is 3.22. The zero-order valence-corrected chi connectivity index (χ0v) is 17.9. The average molecular weight is 438 g/mol. The molecule has 160 valence electrons. The molecule has 1 unspecified atom stereocenters. The molecular formula is C23H24ClN5O2. The van der Waals surface area contributed by atoms with Gasteiger partial charge in [-0.05, 0) is 55.5 Å². The molecule has 31 heavy (non-hydrogen) atoms. The third kappa shape index (κ3) is 3.67. The zero-order valence-electron chi connectivity index (χ0n) is 17.1. The Labute approximate surface area is 185 Å². The number of halogens is 1. The molecule has 2 aromatic rings. The van der Waals surface area contributed by atoms with Crippen LogP contribution in [0.3, 0.4) is 0 Å². The van der Waals surface area contributed by atoms with Crippen LogP contribution in [0, 0.1) is 5.92 Å². The summed E-state index contributed by atoms with van der Waals surface area (Å²) in [5.74, 6) is 0.718. The van der Waals surface area contributed by atoms with E-state index in [-0.39, 0.29) is 29.3 Å². The van der Waals surface area contributed by atoms with E-state index in [4.69, 9.17) is 17.3 Å². The van der Waals surface area contributed by atoms with E-state index in [0.29, 0.717) is 29.6 Å². The van der Waals surface area contributed by atoms with Crippen LogP contribution < -0.4 is 5.73 Å². The molecule has 7 nitrogen and oxygen atoms in total. The van der Waals surface area contributed by atoms with E-state index in [9.17, 15) is 9.59 Å². The Morgan fingerprint density at radius 2 is 1.90 bits per heavy atom. The number of benzene rings is 1. The SMILES string of the molecule is C=CC(=O)N1CC2(CC2)N(C(=O)C2CC2)CC1c1cc(Cl)cc(-c2ncc(N)cn2)c1. The second-order valence-corrected chi connectivity index (χ2v) is 9.18. The first-order valence-electron chi connectivity index (χ1n) is 10.5. The number of carbonyl (C=O) groups excluding carboxylic acids is 2. The lowest BCUT2D eigenvalue weighted by molar-refractivity contribution is -0.147. The minimum atomic E-state index is -0.314. The lowest BCUT2D eigenvalue weighted by Gasteiger charge is -2.47. The number of nitrogen functional groups attached to an aromatic ring is 1. The number of anilines is 1. The monoisotopic (exact) mass is 437 g/mol. The first-order valence-corrected chi connectivity index (χ1v) is 10.9. The van der Waals surface area contributed by atoms with Crippen LogP contribution in [0.25, 0.3) is 11.4 Å². The number of carbonyl (C=O) groups is 2. The van der Waals surface area contributed by atoms with E-state index in [1.54, 1.807) is 18.5 Å². The highest BCUT2D eigenvalue weighted by Gasteiger charge is 2.57. The number of rotatable bonds is 4. The third-order valence-corrected chi connectivity index (χ3v) is 6.70. The van der Waals surface area contributed by atoms with Gasteiger partial charge in [0.2, 0.25) is 11.8 Å². The molecule has 1 saturated heterocycles. The van der Waals surface area contributed by atoms with Crippen molar-refractivity contribution < 1.29 is 9.59 Å². The van der Waals surface area contributed by atoms with Gasteiger partial charge in [-0.2, -0.15) is 0 Å². The molecule has 2 amide bonds. The maximum Gasteiger partial charge on any atom is 0.246 e. The Balaban J connectivity index is 1.54. The predicted molar refractivity (Wildman–Crippen MR) is 118 cm³/mol. The van der Waals surface area contributed by atoms with Gasteiger partial charge in [0.05, 0.1) is 29.7 Å². The van der Waals surface area contributed by atoms with Gasteiger partial charge in [0.25, 0.3) is 0 Å². The van der Waals surface area contributed by atoms with Crippen LogP contribution in [0.4, 0.5) is 5.69 Å². The zero-order chi connectivity index (χ0) is 21.8. The summed E-state index contributed by atoms with van der Waals surface area (Å²) in [6.45, 7) is 4.66. The van der Waals surface area contributed by atoms with Crippen LogP contribution in [0.1, 0.15) is 37.3 Å². The second-order valence-electron chi connectivity index (χ2n) is 8.75. The van der Waals surface area contributed by atoms with E-state index >= 15 is 0 Å². The maximum atomic E-state index is 13.1. The fraction of sp³-hybridized carbons (Fsp3) is 0.391. The van der Waals surface area contributed by atoms with Crippen LogP contribution in [-0.2, 0) is 9.59 Å². The highest BCUT2D eigenvalue weighted by Crippen LogP contribution is 2.50. The van der Waals surface area contributed by atoms with Gasteiger partial charge in [-0.1, -0.05) is 18.2 Å². The van der Waals surface area contributed by atoms with Crippen molar-refractivity contribution in [1.29, 1.82) is 0 Å². The molecule has 5 rings (SSSR count). The lowest BCUT2D eigenvalue weighted by atomic mass is 9.95. The van der Waals surface area contributed by atoms with Crippen molar-refractivity contribution in [3.8, 4) is 11.4 Å². The van der Waals surface area contributed by atoms with Crippen LogP contribution in [0.5, 0.6) is 0 Å². The van der Waals surface area contributed by atoms with E-state index in [1.165, 1.54) is 6.08 Å². The molecule has 2 aliphatic carbocycles. The molecule has 2 N–H and O–H groups in total. The minimum Gasteiger partial charge on any atom is -0.396 e. The van der Waals surface area contributed by atoms with Gasteiger partial charge in [0.1, 0.15) is 0 Å². The molecule has 1 aromatic heterocycles. The Morgan fingerprint density at radius 1 is 1.19 bits per heavy atom. The van der Waals surface area contributed by atoms with Gasteiger partial charge in [-0.25, -0.2) is 9.97 Å². The number of hydrogen-bond acceptors (Lipinski definition) is 5. The normalized spacial score (nSPS) is 21.8. The first-order chi connectivity index (χ1) is 14.9. The smallest absolute Gasteiger partial charge is 0.246 e. The largest absolute Gasteiger partial charge is 0.396 e. The Bertz CT molecular complexity index is 1060. The van der Waals surface area contributed by atoms with Crippen molar-refractivity contribution in [2.24, 2.45) is 5.92 Å². The number of nitrogens with zero attached hydrogens (tertiary/aromatic N) is 4. The maximum absolute atomic E-state index is 13.1. The van der Waals surface area contributed by atoms with Gasteiger partial charge in [0, 0.05) is 29.6 Å². The molecule has 1 spiro atoms. The number of amides is 2. The van der Waals surface area contributed by atoms with E-state index < -0.39 is 0 Å². The molecule has 1 atom stereocenters. The van der Waals surface area contributed by atoms with Crippen molar-refractivity contribution in [2.75, 3.05) is 18.8 Å². The van der Waals surface area contributed by atoms with Gasteiger partial charge < -0.3 is 15.5 Å². The summed E-state index contributed by atoms with van der Waals surface area (Å²) < 4.78 is 0. The van der Waals surface area contributed by atoms with Crippen LogP contribution in [0.2, 0.25) is 5.02 Å². The molecule has 0 radical (unpaired) electrons. The summed E-state index contributed by atoms with van der Waals surface area (Å²) in [6.07, 6.45) is 8.21. The Morgan fingerprint density at radius 3 is 2.52 bits per heavy atom. The fourth-order valence-electron chi connectivity index (χ4n) is 4.48. The van der Waals surface area contributed by atoms with E-state index in [0.717, 1.165) is 36.8 Å². The molecule has 8 heteroatoms. The van der Waals surface area contributed by atoms with E-state index in [2.05, 4.69) is 16.5 Å². The van der Waals surface area contributed by atoms with Gasteiger partial charge in [-0.15, -0.1) is 0 Å². The Kier molecular flexibility index (Phi) is 4.73. The number of aromatic nitrogens is 2. The Hall–Kier alpha value is -2.93. The highest BCUT2D eigenvalue weighted by molar-refractivity contribution is 6.31. The second kappa shape index (κ2) is 7.34. The molecule has 0 bridgehead atoms. The summed E-state index contributed by atoms with van der Waals surface area (Å²) in [5, 5.41) is 0.519. The number of hydrogen-bond donors (Lipinski definition) is 1. The molecule has 1 aliphatic heterocycles. The standard InChI is InChI=1S/C23H24ClN5O2/c1-2-20(30)28-13-23(5-6-23)29(22(31)14-3-4-14)12-19(28)15-7-16(9-17(24)8-15)21-26-10-18(25)11-27-21/h2,7-11,14,19H,1,3-6,12-13,25H2. The summed E-state index contributed by atoms with van der Waals surface area (Å²) in [6, 6.07) is 5.26. The van der Waals surface area contributed by atoms with Crippen molar-refractivity contribution in [3.63, 3.8) is 0 Å². The molecular weight excluding hydrogens is 414 g/mol. The van der Waals surface area contributed by atoms with Crippen molar-refractivity contribution in [2.45, 2.75) is 37.3 Å². The van der Waals surface area contributed by atoms with Crippen LogP contribution >= 0.6 is 11.6 Å². The third-order valence-electron chi connectivity index (χ3n) is 6.48. The first kappa shape index (κ1) is 20.0. The molecule has 1 aromatic carbocycles. The highest BCUT2D eigenvalue weighted by atomic mass is 35.5. The number of piperazine rings is 1. The average Bonchev–Trinajstić information content (AvgIpc) is 3.69. The number of nitrogens with two attached hydrogens (primary N) is 1. The summed E-state index contributed by atoms with van der Waals surface area (Å²) in [5.41, 5.74) is 7.55. The molecule has 2 heterocycles. The summed E-state index contributed by atoms with van der Waals surface area (Å²) in [7, 11) is 0. The summed E-state index contributed by atoms with van der Waals surface area (Å²) in [4.78, 5) is 38.3. The van der Waals surface area contributed by atoms with Crippen LogP contribution in [-0.4, -0.2) is 50.2 Å². The fourth-order valence-corrected chi connectivity index (χ4v) is 4.72. The van der Waals surface area contributed by atoms with Gasteiger partial charge in [-0.3, -0.25) is 9.59 Å². The van der Waals surface area contributed by atoms with Crippen molar-refractivity contribution in [3.05, 3.63) is 53.8 Å². The van der Waals surface area contributed by atoms with Crippen molar-refractivity contribution >= 4 is 29.1 Å². The minimum absolute atomic E-state index is 0.137. The van der Waals surface area contributed by atoms with Gasteiger partial charge >= 0.3 is 0 Å². The van der Waals surface area contributed by atoms with Gasteiger partial charge in [0.15, 0.2) is 5.82 Å².